The molecule has 2 rings (SSSR count). The van der Waals surface area contributed by atoms with Crippen LogP contribution in [-0.4, -0.2) is 11.1 Å². The maximum absolute atomic E-state index is 14.9. The SMILES string of the molecule is Cc1oc(P[S-](=O)=NC(=O)Nc2c(C(C)C)cc(C#N)c(F)c2C(C)C)cc1C(C)(C)O. The second-order valence-electron chi connectivity index (χ2n) is 8.55. The minimum absolute atomic E-state index is 0.0896. The zero-order valence-electron chi connectivity index (χ0n) is 19.2. The van der Waals surface area contributed by atoms with Gasteiger partial charge in [-0.3, -0.25) is 0 Å². The highest BCUT2D eigenvalue weighted by Gasteiger charge is 2.23. The summed E-state index contributed by atoms with van der Waals surface area (Å²) < 4.78 is 36.5. The van der Waals surface area contributed by atoms with Gasteiger partial charge in [0, 0.05) is 11.1 Å². The molecular weight excluding hydrogens is 452 g/mol. The predicted molar refractivity (Wildman–Crippen MR) is 125 cm³/mol. The Bertz CT molecular complexity index is 1150. The Morgan fingerprint density at radius 3 is 2.41 bits per heavy atom. The lowest BCUT2D eigenvalue weighted by molar-refractivity contribution is 0.0770. The fraction of sp³-hybridized carbons (Fsp3) is 0.455. The summed E-state index contributed by atoms with van der Waals surface area (Å²) in [5.74, 6) is -0.600. The number of aryl methyl sites for hydroxylation is 1. The smallest absolute Gasteiger partial charge is 0.322 e. The number of furan rings is 1. The van der Waals surface area contributed by atoms with Gasteiger partial charge in [-0.2, -0.15) is 15.5 Å². The van der Waals surface area contributed by atoms with E-state index < -0.39 is 35.4 Å². The molecule has 1 unspecified atom stereocenters. The number of carbonyl (C=O) groups is 1. The lowest BCUT2D eigenvalue weighted by Gasteiger charge is -2.21. The number of amides is 2. The van der Waals surface area contributed by atoms with Crippen LogP contribution in [0.15, 0.2) is 20.9 Å². The first-order valence-corrected chi connectivity index (χ1v) is 12.9. The van der Waals surface area contributed by atoms with Crippen LogP contribution >= 0.6 is 7.78 Å². The summed E-state index contributed by atoms with van der Waals surface area (Å²) in [4.78, 5) is 12.5. The lowest BCUT2D eigenvalue weighted by Crippen LogP contribution is -2.15. The molecule has 10 heteroatoms. The molecule has 2 amide bonds. The Balaban J connectivity index is 2.37. The van der Waals surface area contributed by atoms with Crippen molar-refractivity contribution < 1.29 is 22.9 Å². The first-order valence-electron chi connectivity index (χ1n) is 10.1. The van der Waals surface area contributed by atoms with Crippen molar-refractivity contribution in [2.75, 3.05) is 5.32 Å². The quantitative estimate of drug-likeness (QED) is 0.408. The first-order chi connectivity index (χ1) is 14.8. The minimum atomic E-state index is -1.92. The molecule has 1 atom stereocenters. The molecule has 0 fully saturated rings. The Labute approximate surface area is 191 Å². The number of nitrogens with one attached hydrogen (secondary N) is 1. The summed E-state index contributed by atoms with van der Waals surface area (Å²) in [5.41, 5.74) is 0.766. The zero-order chi connectivity index (χ0) is 24.4. The van der Waals surface area contributed by atoms with Crippen molar-refractivity contribution in [3.05, 3.63) is 46.0 Å². The van der Waals surface area contributed by atoms with E-state index in [1.165, 1.54) is 6.07 Å². The third-order valence-electron chi connectivity index (χ3n) is 4.81. The van der Waals surface area contributed by atoms with Crippen molar-refractivity contribution in [2.45, 2.75) is 65.9 Å². The highest BCUT2D eigenvalue weighted by molar-refractivity contribution is 8.36. The van der Waals surface area contributed by atoms with Crippen LogP contribution in [0.25, 0.3) is 0 Å². The molecule has 0 bridgehead atoms. The van der Waals surface area contributed by atoms with E-state index in [2.05, 4.69) is 9.68 Å². The van der Waals surface area contributed by atoms with Gasteiger partial charge in [0.05, 0.1) is 16.9 Å². The van der Waals surface area contributed by atoms with Gasteiger partial charge >= 0.3 is 6.03 Å². The molecule has 0 aliphatic heterocycles. The molecule has 7 nitrogen and oxygen atoms in total. The molecule has 0 spiro atoms. The van der Waals surface area contributed by atoms with Gasteiger partial charge in [0.25, 0.3) is 0 Å². The van der Waals surface area contributed by atoms with Crippen LogP contribution in [0.1, 0.15) is 81.4 Å². The third kappa shape index (κ3) is 5.94. The fourth-order valence-corrected chi connectivity index (χ4v) is 5.39. The summed E-state index contributed by atoms with van der Waals surface area (Å²) >= 11 is 0. The normalized spacial score (nSPS) is 13.3. The number of rotatable bonds is 6. The van der Waals surface area contributed by atoms with Gasteiger partial charge in [0.2, 0.25) is 0 Å². The molecule has 32 heavy (non-hydrogen) atoms. The van der Waals surface area contributed by atoms with Crippen molar-refractivity contribution in [2.24, 2.45) is 4.36 Å². The molecular formula is C22H28FN3O4PS-. The standard InChI is InChI=1S/C22H28FN3O4PS/c1-11(2)15-8-14(10-24)19(23)18(12(3)4)20(15)25-21(27)26-32(29)31-17-9-16(13(5)30-17)22(6,7)28/h8-9,11-12,28,31H,1-7H3,(H,25,27)/q-1. The number of halogens is 1. The van der Waals surface area contributed by atoms with Crippen molar-refractivity contribution in [1.29, 1.82) is 5.26 Å². The Morgan fingerprint density at radius 2 is 1.94 bits per heavy atom. The van der Waals surface area contributed by atoms with E-state index in [0.29, 0.717) is 22.4 Å². The van der Waals surface area contributed by atoms with E-state index in [4.69, 9.17) is 4.42 Å². The highest BCUT2D eigenvalue weighted by Crippen LogP contribution is 2.36. The molecule has 2 aromatic rings. The lowest BCUT2D eigenvalue weighted by atomic mass is 9.90. The summed E-state index contributed by atoms with van der Waals surface area (Å²) in [6.45, 7) is 12.2. The number of urea groups is 1. The monoisotopic (exact) mass is 480 g/mol. The second kappa shape index (κ2) is 10.1. The van der Waals surface area contributed by atoms with E-state index >= 15 is 0 Å². The summed E-state index contributed by atoms with van der Waals surface area (Å²) in [6.07, 6.45) is 0. The first kappa shape index (κ1) is 26.0. The largest absolute Gasteiger partial charge is 0.463 e. The van der Waals surface area contributed by atoms with Crippen LogP contribution in [-0.2, 0) is 20.0 Å². The van der Waals surface area contributed by atoms with Crippen LogP contribution in [0, 0.1) is 24.1 Å². The third-order valence-corrected chi connectivity index (χ3v) is 7.17. The predicted octanol–water partition coefficient (Wildman–Crippen LogP) is 5.67. The van der Waals surface area contributed by atoms with Crippen LogP contribution in [0.4, 0.5) is 14.9 Å². The van der Waals surface area contributed by atoms with E-state index in [1.54, 1.807) is 40.7 Å². The minimum Gasteiger partial charge on any atom is -0.463 e. The molecule has 0 saturated carbocycles. The van der Waals surface area contributed by atoms with Crippen LogP contribution in [0.3, 0.4) is 0 Å². The van der Waals surface area contributed by atoms with Crippen LogP contribution in [0.2, 0.25) is 0 Å². The van der Waals surface area contributed by atoms with Crippen molar-refractivity contribution in [3.8, 4) is 6.07 Å². The van der Waals surface area contributed by atoms with E-state index in [9.17, 15) is 23.8 Å². The van der Waals surface area contributed by atoms with E-state index in [-0.39, 0.29) is 28.7 Å². The Kier molecular flexibility index (Phi) is 8.22. The van der Waals surface area contributed by atoms with Crippen molar-refractivity contribution in [1.82, 2.24) is 0 Å². The number of benzene rings is 1. The number of hydrogen-bond acceptors (Lipinski definition) is 6. The van der Waals surface area contributed by atoms with Crippen molar-refractivity contribution in [3.63, 3.8) is 0 Å². The topological polar surface area (TPSA) is 116 Å². The summed E-state index contributed by atoms with van der Waals surface area (Å²) in [6, 6.07) is 4.00. The molecule has 1 heterocycles. The number of nitriles is 1. The molecule has 0 aliphatic carbocycles. The fourth-order valence-electron chi connectivity index (χ4n) is 3.37. The molecule has 0 radical (unpaired) electrons. The molecule has 2 N–H and O–H groups in total. The summed E-state index contributed by atoms with van der Waals surface area (Å²) in [5, 5.41) is 22.0. The van der Waals surface area contributed by atoms with Gasteiger partial charge in [0.1, 0.15) is 23.1 Å². The van der Waals surface area contributed by atoms with Gasteiger partial charge in [-0.1, -0.05) is 27.7 Å². The van der Waals surface area contributed by atoms with E-state index in [0.717, 1.165) is 0 Å². The van der Waals surface area contributed by atoms with Gasteiger partial charge in [-0.25, -0.2) is 9.18 Å². The average molecular weight is 481 g/mol. The van der Waals surface area contributed by atoms with Crippen LogP contribution in [0.5, 0.6) is 0 Å². The molecule has 1 aromatic carbocycles. The average Bonchev–Trinajstić information content (AvgIpc) is 3.01. The number of carbonyl (C=O) groups excluding carboxylic acids is 1. The van der Waals surface area contributed by atoms with Crippen LogP contribution < -0.4 is 10.8 Å². The maximum Gasteiger partial charge on any atom is 0.322 e. The molecule has 0 saturated heterocycles. The van der Waals surface area contributed by atoms with Gasteiger partial charge < -0.3 is 23.4 Å². The van der Waals surface area contributed by atoms with E-state index in [1.807, 2.05) is 19.9 Å². The molecule has 174 valence electrons. The number of anilines is 1. The van der Waals surface area contributed by atoms with Gasteiger partial charge in [-0.15, -0.1) is 7.78 Å². The Hall–Kier alpha value is -2.27. The van der Waals surface area contributed by atoms with Gasteiger partial charge in [-0.05, 0) is 50.3 Å². The Morgan fingerprint density at radius 1 is 1.31 bits per heavy atom. The number of nitrogens with zero attached hydrogens (tertiary/aromatic N) is 2. The molecule has 1 aromatic heterocycles. The summed E-state index contributed by atoms with van der Waals surface area (Å²) in [7, 11) is -2.36. The second-order valence-corrected chi connectivity index (χ2v) is 11.6. The zero-order valence-corrected chi connectivity index (χ0v) is 21.0. The number of aliphatic hydroxyl groups is 1. The highest BCUT2D eigenvalue weighted by atomic mass is 32.7. The molecule has 0 aliphatic rings. The maximum atomic E-state index is 14.9. The van der Waals surface area contributed by atoms with Gasteiger partial charge in [0.15, 0.2) is 0 Å². The number of hydrogen-bond donors (Lipinski definition) is 2. The van der Waals surface area contributed by atoms with Crippen molar-refractivity contribution >= 4 is 35.2 Å².